The number of nitrogens with one attached hydrogen (secondary N) is 1. The number of piperazine rings is 1. The molecule has 1 aromatic carbocycles. The van der Waals surface area contributed by atoms with Crippen molar-refractivity contribution in [1.82, 2.24) is 9.80 Å². The summed E-state index contributed by atoms with van der Waals surface area (Å²) < 4.78 is 29.8. The number of rotatable bonds is 17. The molecule has 1 N–H and O–H groups in total. The topological polar surface area (TPSA) is 98.8 Å². The molecule has 0 spiro atoms. The Morgan fingerprint density at radius 3 is 2.14 bits per heavy atom. The fourth-order valence-corrected chi connectivity index (χ4v) is 6.25. The minimum atomic E-state index is -0.662. The summed E-state index contributed by atoms with van der Waals surface area (Å²) in [6.07, 6.45) is 12.1. The van der Waals surface area contributed by atoms with Crippen LogP contribution in [0.5, 0.6) is 0 Å². The van der Waals surface area contributed by atoms with E-state index in [0.29, 0.717) is 31.9 Å². The molecule has 0 aromatic heterocycles. The average Bonchev–Trinajstić information content (AvgIpc) is 3.49. The molecule has 0 unspecified atom stereocenters. The van der Waals surface area contributed by atoms with E-state index in [1.807, 2.05) is 30.9 Å². The maximum Gasteiger partial charge on any atom is 0.321 e. The van der Waals surface area contributed by atoms with Crippen molar-refractivity contribution in [3.8, 4) is 0 Å². The van der Waals surface area contributed by atoms with Gasteiger partial charge in [0.15, 0.2) is 12.1 Å². The number of amides is 2. The van der Waals surface area contributed by atoms with Crippen molar-refractivity contribution in [2.75, 3.05) is 51.8 Å². The molecule has 10 heteroatoms. The second-order valence-corrected chi connectivity index (χ2v) is 12.8. The first-order chi connectivity index (χ1) is 21.3. The summed E-state index contributed by atoms with van der Waals surface area (Å²) in [4.78, 5) is 28.5. The Bertz CT molecular complexity index is 1010. The van der Waals surface area contributed by atoms with E-state index in [1.54, 1.807) is 12.1 Å². The predicted octanol–water partition coefficient (Wildman–Crippen LogP) is 5.73. The Hall–Kier alpha value is -2.24. The molecular weight excluding hydrogens is 562 g/mol. The first-order valence-electron chi connectivity index (χ1n) is 16.8. The number of methoxy groups -OCH3 is 1. The van der Waals surface area contributed by atoms with Crippen LogP contribution in [0, 0.1) is 0 Å². The molecule has 0 aliphatic carbocycles. The van der Waals surface area contributed by atoms with Crippen LogP contribution in [-0.2, 0) is 34.9 Å². The molecule has 3 saturated heterocycles. The fraction of sp³-hybridized carbons (Fsp3) is 0.765. The SMILES string of the molecule is CCCCCCCCCCCCO[C@H]1O[C@H](CN2CCN(C(=O)Nc3ccc(CC(=O)OC)cc3)CC2)[C@@H]2OC(C)(C)O[C@H]12. The molecule has 3 aliphatic heterocycles. The van der Waals surface area contributed by atoms with Gasteiger partial charge in [-0.25, -0.2) is 4.79 Å². The van der Waals surface area contributed by atoms with E-state index in [-0.39, 0.29) is 36.7 Å². The summed E-state index contributed by atoms with van der Waals surface area (Å²) in [5, 5.41) is 2.96. The van der Waals surface area contributed by atoms with E-state index in [1.165, 1.54) is 64.9 Å². The number of hydrogen-bond donors (Lipinski definition) is 1. The number of benzene rings is 1. The third-order valence-corrected chi connectivity index (χ3v) is 8.77. The van der Waals surface area contributed by atoms with E-state index in [9.17, 15) is 9.59 Å². The Balaban J connectivity index is 1.15. The lowest BCUT2D eigenvalue weighted by molar-refractivity contribution is -0.235. The summed E-state index contributed by atoms with van der Waals surface area (Å²) >= 11 is 0. The van der Waals surface area contributed by atoms with E-state index in [2.05, 4.69) is 17.1 Å². The minimum Gasteiger partial charge on any atom is -0.469 e. The minimum absolute atomic E-state index is 0.128. The van der Waals surface area contributed by atoms with Crippen LogP contribution in [0.15, 0.2) is 24.3 Å². The molecule has 4 atom stereocenters. The molecule has 2 amide bonds. The summed E-state index contributed by atoms with van der Waals surface area (Å²) in [6, 6.07) is 7.13. The second kappa shape index (κ2) is 17.5. The molecular formula is C34H55N3O7. The molecule has 3 fully saturated rings. The number of hydrogen-bond acceptors (Lipinski definition) is 8. The quantitative estimate of drug-likeness (QED) is 0.175. The van der Waals surface area contributed by atoms with Gasteiger partial charge in [0.1, 0.15) is 18.3 Å². The van der Waals surface area contributed by atoms with Crippen LogP contribution in [-0.4, -0.2) is 98.6 Å². The summed E-state index contributed by atoms with van der Waals surface area (Å²) in [6.45, 7) is 10.3. The molecule has 10 nitrogen and oxygen atoms in total. The van der Waals surface area contributed by atoms with Crippen LogP contribution >= 0.6 is 0 Å². The van der Waals surface area contributed by atoms with Crippen molar-refractivity contribution in [3.63, 3.8) is 0 Å². The van der Waals surface area contributed by atoms with Crippen molar-refractivity contribution < 1.29 is 33.3 Å². The van der Waals surface area contributed by atoms with E-state index >= 15 is 0 Å². The van der Waals surface area contributed by atoms with Gasteiger partial charge in [-0.15, -0.1) is 0 Å². The zero-order valence-corrected chi connectivity index (χ0v) is 27.4. The Morgan fingerprint density at radius 1 is 0.886 bits per heavy atom. The summed E-state index contributed by atoms with van der Waals surface area (Å²) in [5.74, 6) is -0.953. The summed E-state index contributed by atoms with van der Waals surface area (Å²) in [5.41, 5.74) is 1.53. The van der Waals surface area contributed by atoms with E-state index < -0.39 is 12.1 Å². The van der Waals surface area contributed by atoms with Crippen LogP contribution in [0.1, 0.15) is 90.5 Å². The van der Waals surface area contributed by atoms with Gasteiger partial charge in [-0.05, 0) is 38.0 Å². The van der Waals surface area contributed by atoms with Crippen LogP contribution in [0.4, 0.5) is 10.5 Å². The third kappa shape index (κ3) is 10.7. The largest absolute Gasteiger partial charge is 0.469 e. The van der Waals surface area contributed by atoms with Crippen molar-refractivity contribution in [2.45, 2.75) is 122 Å². The number of carbonyl (C=O) groups is 2. The van der Waals surface area contributed by atoms with Gasteiger partial charge in [-0.1, -0.05) is 76.8 Å². The van der Waals surface area contributed by atoms with Gasteiger partial charge in [-0.2, -0.15) is 0 Å². The average molecular weight is 618 g/mol. The van der Waals surface area contributed by atoms with Crippen molar-refractivity contribution in [2.24, 2.45) is 0 Å². The molecule has 0 radical (unpaired) electrons. The van der Waals surface area contributed by atoms with Gasteiger partial charge >= 0.3 is 12.0 Å². The van der Waals surface area contributed by atoms with Crippen molar-refractivity contribution in [3.05, 3.63) is 29.8 Å². The molecule has 4 rings (SSSR count). The summed E-state index contributed by atoms with van der Waals surface area (Å²) in [7, 11) is 1.37. The first-order valence-corrected chi connectivity index (χ1v) is 16.8. The molecule has 44 heavy (non-hydrogen) atoms. The normalized spacial score (nSPS) is 24.8. The van der Waals surface area contributed by atoms with Gasteiger partial charge in [0, 0.05) is 45.0 Å². The first kappa shape index (κ1) is 34.6. The van der Waals surface area contributed by atoms with Crippen LogP contribution in [0.2, 0.25) is 0 Å². The van der Waals surface area contributed by atoms with Gasteiger partial charge < -0.3 is 33.9 Å². The van der Waals surface area contributed by atoms with Crippen LogP contribution in [0.3, 0.4) is 0 Å². The number of fused-ring (bicyclic) bond motifs is 1. The maximum atomic E-state index is 12.9. The Labute approximate surface area is 264 Å². The zero-order valence-electron chi connectivity index (χ0n) is 27.4. The number of ether oxygens (including phenoxy) is 5. The molecule has 3 aliphatic rings. The van der Waals surface area contributed by atoms with Crippen molar-refractivity contribution in [1.29, 1.82) is 0 Å². The van der Waals surface area contributed by atoms with Crippen molar-refractivity contribution >= 4 is 17.7 Å². The van der Waals surface area contributed by atoms with Gasteiger partial charge in [-0.3, -0.25) is 9.69 Å². The highest BCUT2D eigenvalue weighted by Gasteiger charge is 2.56. The molecule has 3 heterocycles. The zero-order chi connectivity index (χ0) is 31.4. The lowest BCUT2D eigenvalue weighted by atomic mass is 10.1. The number of unbranched alkanes of at least 4 members (excludes halogenated alkanes) is 9. The van der Waals surface area contributed by atoms with Gasteiger partial charge in [0.2, 0.25) is 0 Å². The smallest absolute Gasteiger partial charge is 0.321 e. The lowest BCUT2D eigenvalue weighted by Gasteiger charge is -2.36. The monoisotopic (exact) mass is 617 g/mol. The number of urea groups is 1. The van der Waals surface area contributed by atoms with E-state index in [4.69, 9.17) is 23.7 Å². The number of esters is 1. The highest BCUT2D eigenvalue weighted by molar-refractivity contribution is 5.89. The Kier molecular flexibility index (Phi) is 13.7. The lowest BCUT2D eigenvalue weighted by Crippen LogP contribution is -2.52. The standard InChI is InChI=1S/C34H55N3O7/c1-5-6-7-8-9-10-11-12-13-14-23-41-32-31-30(43-34(2,3)44-31)28(42-32)25-36-19-21-37(22-20-36)33(39)35-27-17-15-26(16-18-27)24-29(38)40-4/h15-18,28,30-32H,5-14,19-25H2,1-4H3,(H,35,39)/t28-,30+,31+,32+/m1/s1. The number of carbonyl (C=O) groups excluding carboxylic acids is 2. The molecule has 0 bridgehead atoms. The molecule has 248 valence electrons. The molecule has 0 saturated carbocycles. The van der Waals surface area contributed by atoms with Crippen LogP contribution < -0.4 is 5.32 Å². The predicted molar refractivity (Wildman–Crippen MR) is 169 cm³/mol. The van der Waals surface area contributed by atoms with Crippen LogP contribution in [0.25, 0.3) is 0 Å². The maximum absolute atomic E-state index is 12.9. The fourth-order valence-electron chi connectivity index (χ4n) is 6.25. The molecule has 1 aromatic rings. The highest BCUT2D eigenvalue weighted by atomic mass is 16.8. The number of anilines is 1. The van der Waals surface area contributed by atoms with Gasteiger partial charge in [0.05, 0.1) is 13.5 Å². The highest BCUT2D eigenvalue weighted by Crippen LogP contribution is 2.39. The third-order valence-electron chi connectivity index (χ3n) is 8.77. The van der Waals surface area contributed by atoms with E-state index in [0.717, 1.165) is 25.1 Å². The number of nitrogens with zero attached hydrogens (tertiary/aromatic N) is 2. The Morgan fingerprint density at radius 2 is 1.50 bits per heavy atom. The second-order valence-electron chi connectivity index (χ2n) is 12.8. The van der Waals surface area contributed by atoms with Gasteiger partial charge in [0.25, 0.3) is 0 Å².